The molecule has 1 aliphatic rings. The molecule has 0 spiro atoms. The van der Waals surface area contributed by atoms with E-state index in [0.29, 0.717) is 35.3 Å². The zero-order valence-electron chi connectivity index (χ0n) is 18.3. The van der Waals surface area contributed by atoms with E-state index in [0.717, 1.165) is 11.1 Å². The minimum absolute atomic E-state index is 0.00226. The average molecular weight is 461 g/mol. The molecule has 0 N–H and O–H groups in total. The Bertz CT molecular complexity index is 1420. The molecule has 168 valence electrons. The van der Waals surface area contributed by atoms with Crippen molar-refractivity contribution in [2.75, 3.05) is 18.6 Å². The molecule has 0 aliphatic carbocycles. The number of pyridine rings is 1. The van der Waals surface area contributed by atoms with Crippen molar-refractivity contribution < 1.29 is 13.2 Å². The van der Waals surface area contributed by atoms with Crippen LogP contribution in [0.2, 0.25) is 0 Å². The largest absolute Gasteiger partial charge is 0.338 e. The van der Waals surface area contributed by atoms with Crippen LogP contribution in [0.1, 0.15) is 22.3 Å². The van der Waals surface area contributed by atoms with E-state index in [1.165, 1.54) is 0 Å². The van der Waals surface area contributed by atoms with Crippen LogP contribution in [-0.4, -0.2) is 58.6 Å². The summed E-state index contributed by atoms with van der Waals surface area (Å²) in [6, 6.07) is 21.1. The molecule has 2 aromatic heterocycles. The van der Waals surface area contributed by atoms with E-state index in [-0.39, 0.29) is 23.5 Å². The molecule has 0 radical (unpaired) electrons. The van der Waals surface area contributed by atoms with Crippen molar-refractivity contribution in [3.63, 3.8) is 0 Å². The molecular weight excluding hydrogens is 436 g/mol. The summed E-state index contributed by atoms with van der Waals surface area (Å²) in [5, 5.41) is 5.19. The molecule has 7 nitrogen and oxygen atoms in total. The molecule has 5 rings (SSSR count). The van der Waals surface area contributed by atoms with Gasteiger partial charge in [0, 0.05) is 18.7 Å². The Labute approximate surface area is 192 Å². The number of sulfone groups is 1. The standard InChI is InChI=1S/C25H24N4O3S/c1-28(20-12-13-33(31,32)17-20)25(30)21-14-23(19-10-6-3-7-11-19)27-24-22(21)15-26-29(24)16-18-8-4-2-5-9-18/h2-11,14-15,20H,12-13,16-17H2,1H3. The van der Waals surface area contributed by atoms with Crippen LogP contribution in [0.3, 0.4) is 0 Å². The normalized spacial score (nSPS) is 17.3. The summed E-state index contributed by atoms with van der Waals surface area (Å²) in [5.74, 6) is -0.103. The number of benzene rings is 2. The first-order valence-electron chi connectivity index (χ1n) is 10.8. The Hall–Kier alpha value is -3.52. The summed E-state index contributed by atoms with van der Waals surface area (Å²) in [7, 11) is -1.43. The van der Waals surface area contributed by atoms with Gasteiger partial charge in [-0.1, -0.05) is 60.7 Å². The van der Waals surface area contributed by atoms with Gasteiger partial charge in [0.25, 0.3) is 5.91 Å². The summed E-state index contributed by atoms with van der Waals surface area (Å²) in [6.45, 7) is 0.528. The SMILES string of the molecule is CN(C(=O)c1cc(-c2ccccc2)nc2c1cnn2Cc1ccccc1)C1CCS(=O)(=O)C1. The number of nitrogens with zero attached hydrogens (tertiary/aromatic N) is 4. The average Bonchev–Trinajstić information content (AvgIpc) is 3.41. The van der Waals surface area contributed by atoms with Gasteiger partial charge in [-0.2, -0.15) is 5.10 Å². The van der Waals surface area contributed by atoms with Crippen molar-refractivity contribution in [1.29, 1.82) is 0 Å². The van der Waals surface area contributed by atoms with Crippen molar-refractivity contribution in [3.05, 3.63) is 84.1 Å². The second-order valence-corrected chi connectivity index (χ2v) is 10.6. The second-order valence-electron chi connectivity index (χ2n) is 8.42. The lowest BCUT2D eigenvalue weighted by atomic mass is 10.1. The quantitative estimate of drug-likeness (QED) is 0.456. The van der Waals surface area contributed by atoms with E-state index < -0.39 is 9.84 Å². The van der Waals surface area contributed by atoms with Crippen molar-refractivity contribution >= 4 is 26.8 Å². The Morgan fingerprint density at radius 2 is 1.79 bits per heavy atom. The van der Waals surface area contributed by atoms with Gasteiger partial charge in [-0.3, -0.25) is 4.79 Å². The van der Waals surface area contributed by atoms with Crippen LogP contribution in [0.25, 0.3) is 22.3 Å². The Kier molecular flexibility index (Phi) is 5.46. The maximum atomic E-state index is 13.6. The number of hydrogen-bond donors (Lipinski definition) is 0. The first-order chi connectivity index (χ1) is 15.9. The van der Waals surface area contributed by atoms with E-state index >= 15 is 0 Å². The molecule has 33 heavy (non-hydrogen) atoms. The van der Waals surface area contributed by atoms with Crippen LogP contribution in [0.5, 0.6) is 0 Å². The fraction of sp³-hybridized carbons (Fsp3) is 0.240. The van der Waals surface area contributed by atoms with Crippen molar-refractivity contribution in [2.45, 2.75) is 19.0 Å². The minimum atomic E-state index is -3.10. The van der Waals surface area contributed by atoms with Crippen LogP contribution in [0, 0.1) is 0 Å². The van der Waals surface area contributed by atoms with E-state index in [9.17, 15) is 13.2 Å². The highest BCUT2D eigenvalue weighted by Crippen LogP contribution is 2.27. The molecule has 1 aliphatic heterocycles. The van der Waals surface area contributed by atoms with Crippen molar-refractivity contribution in [1.82, 2.24) is 19.7 Å². The number of fused-ring (bicyclic) bond motifs is 1. The lowest BCUT2D eigenvalue weighted by Gasteiger charge is -2.24. The zero-order valence-corrected chi connectivity index (χ0v) is 19.1. The maximum Gasteiger partial charge on any atom is 0.254 e. The van der Waals surface area contributed by atoms with Gasteiger partial charge in [0.2, 0.25) is 0 Å². The van der Waals surface area contributed by atoms with Gasteiger partial charge in [-0.25, -0.2) is 18.1 Å². The first-order valence-corrected chi connectivity index (χ1v) is 12.7. The van der Waals surface area contributed by atoms with Crippen LogP contribution in [-0.2, 0) is 16.4 Å². The van der Waals surface area contributed by atoms with Crippen LogP contribution in [0.4, 0.5) is 0 Å². The second kappa shape index (κ2) is 8.44. The smallest absolute Gasteiger partial charge is 0.254 e. The molecule has 0 bridgehead atoms. The lowest BCUT2D eigenvalue weighted by Crippen LogP contribution is -2.38. The molecular formula is C25H24N4O3S. The van der Waals surface area contributed by atoms with Gasteiger partial charge >= 0.3 is 0 Å². The topological polar surface area (TPSA) is 85.2 Å². The number of rotatable bonds is 5. The number of amides is 1. The van der Waals surface area contributed by atoms with E-state index in [4.69, 9.17) is 4.98 Å². The third kappa shape index (κ3) is 4.26. The van der Waals surface area contributed by atoms with Crippen LogP contribution in [0.15, 0.2) is 72.9 Å². The highest BCUT2D eigenvalue weighted by molar-refractivity contribution is 7.91. The third-order valence-electron chi connectivity index (χ3n) is 6.16. The third-order valence-corrected chi connectivity index (χ3v) is 7.91. The Morgan fingerprint density at radius 3 is 2.45 bits per heavy atom. The predicted octanol–water partition coefficient (Wildman–Crippen LogP) is 3.41. The van der Waals surface area contributed by atoms with Crippen molar-refractivity contribution in [3.8, 4) is 11.3 Å². The van der Waals surface area contributed by atoms with E-state index in [1.807, 2.05) is 60.7 Å². The van der Waals surface area contributed by atoms with Crippen LogP contribution >= 0.6 is 0 Å². The monoisotopic (exact) mass is 460 g/mol. The number of hydrogen-bond acceptors (Lipinski definition) is 5. The van der Waals surface area contributed by atoms with E-state index in [2.05, 4.69) is 5.10 Å². The van der Waals surface area contributed by atoms with Gasteiger partial charge < -0.3 is 4.90 Å². The molecule has 1 atom stereocenters. The van der Waals surface area contributed by atoms with Crippen LogP contribution < -0.4 is 0 Å². The maximum absolute atomic E-state index is 13.6. The summed E-state index contributed by atoms with van der Waals surface area (Å²) in [4.78, 5) is 20.0. The fourth-order valence-electron chi connectivity index (χ4n) is 4.29. The minimum Gasteiger partial charge on any atom is -0.338 e. The van der Waals surface area contributed by atoms with Gasteiger partial charge in [0.05, 0.1) is 40.9 Å². The lowest BCUT2D eigenvalue weighted by molar-refractivity contribution is 0.0749. The van der Waals surface area contributed by atoms with Gasteiger partial charge in [-0.05, 0) is 18.1 Å². The molecule has 1 saturated heterocycles. The molecule has 8 heteroatoms. The fourth-order valence-corrected chi connectivity index (χ4v) is 6.06. The Morgan fingerprint density at radius 1 is 1.09 bits per heavy atom. The predicted molar refractivity (Wildman–Crippen MR) is 128 cm³/mol. The molecule has 1 fully saturated rings. The van der Waals surface area contributed by atoms with Gasteiger partial charge in [0.1, 0.15) is 0 Å². The Balaban J connectivity index is 1.60. The summed E-state index contributed by atoms with van der Waals surface area (Å²) < 4.78 is 25.7. The summed E-state index contributed by atoms with van der Waals surface area (Å²) >= 11 is 0. The molecule has 0 saturated carbocycles. The van der Waals surface area contributed by atoms with Crippen molar-refractivity contribution in [2.24, 2.45) is 0 Å². The highest BCUT2D eigenvalue weighted by Gasteiger charge is 2.34. The first kappa shape index (κ1) is 21.3. The highest BCUT2D eigenvalue weighted by atomic mass is 32.2. The number of aromatic nitrogens is 3. The van der Waals surface area contributed by atoms with E-state index in [1.54, 1.807) is 28.9 Å². The van der Waals surface area contributed by atoms with Gasteiger partial charge in [0.15, 0.2) is 15.5 Å². The summed E-state index contributed by atoms with van der Waals surface area (Å²) in [5.41, 5.74) is 3.75. The molecule has 3 heterocycles. The summed E-state index contributed by atoms with van der Waals surface area (Å²) in [6.07, 6.45) is 2.13. The number of carbonyl (C=O) groups is 1. The molecule has 1 amide bonds. The molecule has 2 aromatic carbocycles. The zero-order chi connectivity index (χ0) is 23.0. The molecule has 1 unspecified atom stereocenters. The van der Waals surface area contributed by atoms with Gasteiger partial charge in [-0.15, -0.1) is 0 Å². The molecule has 4 aromatic rings. The number of carbonyl (C=O) groups excluding carboxylic acids is 1.